The zero-order valence-corrected chi connectivity index (χ0v) is 9.56. The number of hydroxylamine groups is 1. The predicted molar refractivity (Wildman–Crippen MR) is 60.8 cm³/mol. The molecule has 0 unspecified atom stereocenters. The van der Waals surface area contributed by atoms with Gasteiger partial charge in [0.15, 0.2) is 6.61 Å². The van der Waals surface area contributed by atoms with Gasteiger partial charge in [-0.25, -0.2) is 10.3 Å². The zero-order chi connectivity index (χ0) is 11.5. The topological polar surface area (TPSA) is 75.6 Å². The zero-order valence-electron chi connectivity index (χ0n) is 7.93. The number of carbonyl (C=O) groups is 2. The van der Waals surface area contributed by atoms with E-state index < -0.39 is 18.5 Å². The molecule has 2 aromatic heterocycles. The number of aliphatic carboxylic acids is 1. The van der Waals surface area contributed by atoms with Crippen molar-refractivity contribution in [3.8, 4) is 0 Å². The van der Waals surface area contributed by atoms with Gasteiger partial charge in [0.05, 0.1) is 4.88 Å². The van der Waals surface area contributed by atoms with Gasteiger partial charge in [-0.2, -0.15) is 0 Å². The summed E-state index contributed by atoms with van der Waals surface area (Å²) in [5.74, 6) is -1.55. The summed E-state index contributed by atoms with van der Waals surface area (Å²) in [6.45, 7) is -0.550. The van der Waals surface area contributed by atoms with E-state index in [1.165, 1.54) is 11.3 Å². The molecule has 5 nitrogen and oxygen atoms in total. The standard InChI is InChI=1S/C9H7NO4S2/c11-8(12)4-14-10-9(13)7-3-6-5(16-7)1-2-15-6/h1-3H,4H2,(H,10,13)(H,11,12). The lowest BCUT2D eigenvalue weighted by Crippen LogP contribution is -2.25. The van der Waals surface area contributed by atoms with Crippen LogP contribution in [-0.2, 0) is 9.63 Å². The fourth-order valence-electron chi connectivity index (χ4n) is 1.09. The van der Waals surface area contributed by atoms with Gasteiger partial charge in [-0.15, -0.1) is 22.7 Å². The maximum Gasteiger partial charge on any atom is 0.332 e. The first-order valence-corrected chi connectivity index (χ1v) is 5.97. The van der Waals surface area contributed by atoms with Gasteiger partial charge in [-0.05, 0) is 17.5 Å². The van der Waals surface area contributed by atoms with Crippen LogP contribution in [0.5, 0.6) is 0 Å². The Hall–Kier alpha value is -1.44. The highest BCUT2D eigenvalue weighted by Gasteiger charge is 2.11. The number of carboxylic acid groups (broad SMARTS) is 1. The molecule has 0 spiro atoms. The van der Waals surface area contributed by atoms with E-state index in [0.717, 1.165) is 9.40 Å². The van der Waals surface area contributed by atoms with Crippen LogP contribution in [-0.4, -0.2) is 23.6 Å². The van der Waals surface area contributed by atoms with Crippen molar-refractivity contribution in [1.29, 1.82) is 0 Å². The van der Waals surface area contributed by atoms with E-state index in [9.17, 15) is 9.59 Å². The normalized spacial score (nSPS) is 10.5. The number of hydrogen-bond donors (Lipinski definition) is 2. The van der Waals surface area contributed by atoms with Crippen molar-refractivity contribution < 1.29 is 19.5 Å². The summed E-state index contributed by atoms with van der Waals surface area (Å²) in [6.07, 6.45) is 0. The number of nitrogens with one attached hydrogen (secondary N) is 1. The van der Waals surface area contributed by atoms with Crippen molar-refractivity contribution in [3.63, 3.8) is 0 Å². The summed E-state index contributed by atoms with van der Waals surface area (Å²) < 4.78 is 2.07. The molecule has 16 heavy (non-hydrogen) atoms. The molecule has 0 saturated heterocycles. The van der Waals surface area contributed by atoms with Crippen molar-refractivity contribution in [2.24, 2.45) is 0 Å². The van der Waals surface area contributed by atoms with E-state index in [1.807, 2.05) is 11.4 Å². The quantitative estimate of drug-likeness (QED) is 0.817. The largest absolute Gasteiger partial charge is 0.479 e. The molecule has 2 N–H and O–H groups in total. The molecular formula is C9H7NO4S2. The fourth-order valence-corrected chi connectivity index (χ4v) is 3.09. The van der Waals surface area contributed by atoms with Gasteiger partial charge in [0, 0.05) is 9.40 Å². The third-order valence-corrected chi connectivity index (χ3v) is 3.82. The molecule has 0 aromatic carbocycles. The maximum absolute atomic E-state index is 11.5. The van der Waals surface area contributed by atoms with E-state index in [4.69, 9.17) is 5.11 Å². The summed E-state index contributed by atoms with van der Waals surface area (Å²) >= 11 is 2.89. The van der Waals surface area contributed by atoms with E-state index in [-0.39, 0.29) is 0 Å². The molecule has 0 atom stereocenters. The molecule has 2 rings (SSSR count). The summed E-state index contributed by atoms with van der Waals surface area (Å²) in [6, 6.07) is 3.68. The highest BCUT2D eigenvalue weighted by molar-refractivity contribution is 7.27. The molecule has 0 aliphatic carbocycles. The van der Waals surface area contributed by atoms with Crippen LogP contribution >= 0.6 is 22.7 Å². The number of hydrogen-bond acceptors (Lipinski definition) is 5. The van der Waals surface area contributed by atoms with Crippen LogP contribution in [0.2, 0.25) is 0 Å². The highest BCUT2D eigenvalue weighted by Crippen LogP contribution is 2.29. The third-order valence-electron chi connectivity index (χ3n) is 1.72. The summed E-state index contributed by atoms with van der Waals surface area (Å²) in [5, 5.41) is 10.3. The van der Waals surface area contributed by atoms with Gasteiger partial charge in [0.1, 0.15) is 0 Å². The second kappa shape index (κ2) is 4.60. The number of carbonyl (C=O) groups excluding carboxylic acids is 1. The number of thiophene rings is 2. The van der Waals surface area contributed by atoms with Crippen LogP contribution in [0, 0.1) is 0 Å². The van der Waals surface area contributed by atoms with Gasteiger partial charge < -0.3 is 5.11 Å². The number of amides is 1. The van der Waals surface area contributed by atoms with Crippen LogP contribution < -0.4 is 5.48 Å². The SMILES string of the molecule is O=C(O)CONC(=O)c1cc2sccc2s1. The molecule has 0 aliphatic heterocycles. The van der Waals surface area contributed by atoms with Crippen LogP contribution in [0.3, 0.4) is 0 Å². The molecule has 0 fully saturated rings. The first-order chi connectivity index (χ1) is 7.66. The first kappa shape index (κ1) is 11.1. The van der Waals surface area contributed by atoms with Gasteiger partial charge >= 0.3 is 5.97 Å². The lowest BCUT2D eigenvalue weighted by atomic mass is 10.4. The summed E-state index contributed by atoms with van der Waals surface area (Å²) in [7, 11) is 0. The Labute approximate surface area is 98.2 Å². The van der Waals surface area contributed by atoms with E-state index in [1.54, 1.807) is 17.4 Å². The number of fused-ring (bicyclic) bond motifs is 1. The van der Waals surface area contributed by atoms with E-state index in [0.29, 0.717) is 4.88 Å². The molecule has 0 bridgehead atoms. The van der Waals surface area contributed by atoms with Gasteiger partial charge in [-0.1, -0.05) is 0 Å². The van der Waals surface area contributed by atoms with Crippen molar-refractivity contribution in [2.75, 3.05) is 6.61 Å². The minimum Gasteiger partial charge on any atom is -0.479 e. The van der Waals surface area contributed by atoms with Crippen LogP contribution in [0.4, 0.5) is 0 Å². The molecule has 0 saturated carbocycles. The second-order valence-corrected chi connectivity index (χ2v) is 4.90. The Kier molecular flexibility index (Phi) is 3.18. The average molecular weight is 257 g/mol. The van der Waals surface area contributed by atoms with Crippen molar-refractivity contribution in [2.45, 2.75) is 0 Å². The van der Waals surface area contributed by atoms with Crippen molar-refractivity contribution >= 4 is 43.9 Å². The highest BCUT2D eigenvalue weighted by atomic mass is 32.1. The monoisotopic (exact) mass is 257 g/mol. The lowest BCUT2D eigenvalue weighted by Gasteiger charge is -2.00. The Morgan fingerprint density at radius 1 is 1.44 bits per heavy atom. The van der Waals surface area contributed by atoms with E-state index >= 15 is 0 Å². The lowest BCUT2D eigenvalue weighted by molar-refractivity contribution is -0.144. The molecule has 1 amide bonds. The Bertz CT molecular complexity index is 502. The first-order valence-electron chi connectivity index (χ1n) is 4.28. The predicted octanol–water partition coefficient (Wildman–Crippen LogP) is 1.71. The molecule has 2 heterocycles. The smallest absolute Gasteiger partial charge is 0.332 e. The molecule has 84 valence electrons. The molecular weight excluding hydrogens is 250 g/mol. The molecule has 0 radical (unpaired) electrons. The minimum absolute atomic E-state index is 0.422. The average Bonchev–Trinajstić information content (AvgIpc) is 2.75. The maximum atomic E-state index is 11.5. The minimum atomic E-state index is -1.13. The van der Waals surface area contributed by atoms with Gasteiger partial charge in [0.25, 0.3) is 5.91 Å². The number of carboxylic acids is 1. The van der Waals surface area contributed by atoms with Crippen LogP contribution in [0.25, 0.3) is 9.40 Å². The second-order valence-electron chi connectivity index (χ2n) is 2.87. The summed E-state index contributed by atoms with van der Waals surface area (Å²) in [5.41, 5.74) is 2.08. The third kappa shape index (κ3) is 2.38. The van der Waals surface area contributed by atoms with Crippen molar-refractivity contribution in [3.05, 3.63) is 22.4 Å². The fraction of sp³-hybridized carbons (Fsp3) is 0.111. The molecule has 7 heteroatoms. The Morgan fingerprint density at radius 2 is 2.25 bits per heavy atom. The van der Waals surface area contributed by atoms with Crippen LogP contribution in [0.1, 0.15) is 9.67 Å². The Balaban J connectivity index is 1.99. The molecule has 0 aliphatic rings. The Morgan fingerprint density at radius 3 is 2.94 bits per heavy atom. The number of rotatable bonds is 4. The van der Waals surface area contributed by atoms with E-state index in [2.05, 4.69) is 10.3 Å². The van der Waals surface area contributed by atoms with Gasteiger partial charge in [0.2, 0.25) is 0 Å². The summed E-state index contributed by atoms with van der Waals surface area (Å²) in [4.78, 5) is 26.6. The molecule has 2 aromatic rings. The van der Waals surface area contributed by atoms with Crippen molar-refractivity contribution in [1.82, 2.24) is 5.48 Å². The van der Waals surface area contributed by atoms with Crippen LogP contribution in [0.15, 0.2) is 17.5 Å². The van der Waals surface area contributed by atoms with Gasteiger partial charge in [-0.3, -0.25) is 9.63 Å².